The Morgan fingerprint density at radius 2 is 2.24 bits per heavy atom. The van der Waals surface area contributed by atoms with E-state index in [9.17, 15) is 9.59 Å². The number of amides is 2. The molecular formula is C14H16BrClN2O3. The molecule has 1 heterocycles. The summed E-state index contributed by atoms with van der Waals surface area (Å²) in [7, 11) is 0. The minimum Gasteiger partial charge on any atom is -0.377 e. The Morgan fingerprint density at radius 1 is 1.48 bits per heavy atom. The maximum Gasteiger partial charge on any atom is 0.254 e. The van der Waals surface area contributed by atoms with E-state index in [0.717, 1.165) is 4.47 Å². The number of ether oxygens (including phenoxy) is 1. The summed E-state index contributed by atoms with van der Waals surface area (Å²) in [5, 5.41) is 3.19. The monoisotopic (exact) mass is 374 g/mol. The Morgan fingerprint density at radius 3 is 2.90 bits per heavy atom. The second-order valence-electron chi connectivity index (χ2n) is 4.64. The molecule has 0 saturated carbocycles. The van der Waals surface area contributed by atoms with E-state index in [0.29, 0.717) is 30.3 Å². The summed E-state index contributed by atoms with van der Waals surface area (Å²) in [4.78, 5) is 26.2. The Labute approximate surface area is 136 Å². The van der Waals surface area contributed by atoms with Crippen molar-refractivity contribution in [2.45, 2.75) is 13.0 Å². The predicted molar refractivity (Wildman–Crippen MR) is 83.5 cm³/mol. The van der Waals surface area contributed by atoms with E-state index in [-0.39, 0.29) is 18.4 Å². The van der Waals surface area contributed by atoms with E-state index in [2.05, 4.69) is 21.2 Å². The van der Waals surface area contributed by atoms with Crippen LogP contribution < -0.4 is 5.32 Å². The first-order chi connectivity index (χ1) is 10.0. The highest BCUT2D eigenvalue weighted by molar-refractivity contribution is 9.10. The molecule has 2 amide bonds. The highest BCUT2D eigenvalue weighted by Gasteiger charge is 2.33. The lowest BCUT2D eigenvalue weighted by Gasteiger charge is -2.34. The van der Waals surface area contributed by atoms with Crippen LogP contribution in [0.25, 0.3) is 0 Å². The fourth-order valence-corrected chi connectivity index (χ4v) is 3.06. The quantitative estimate of drug-likeness (QED) is 0.880. The number of likely N-dealkylation sites (N-methyl/N-ethyl adjacent to an activating group) is 1. The molecule has 1 aliphatic rings. The summed E-state index contributed by atoms with van der Waals surface area (Å²) in [6.45, 7) is 3.36. The van der Waals surface area contributed by atoms with Gasteiger partial charge in [0.05, 0.1) is 13.2 Å². The number of benzene rings is 1. The van der Waals surface area contributed by atoms with Crippen molar-refractivity contribution in [3.05, 3.63) is 33.3 Å². The fourth-order valence-electron chi connectivity index (χ4n) is 2.20. The molecule has 1 aromatic rings. The normalized spacial score (nSPS) is 18.4. The molecule has 21 heavy (non-hydrogen) atoms. The third-order valence-electron chi connectivity index (χ3n) is 3.15. The van der Waals surface area contributed by atoms with Gasteiger partial charge in [0.1, 0.15) is 6.04 Å². The predicted octanol–water partition coefficient (Wildman–Crippen LogP) is 2.08. The van der Waals surface area contributed by atoms with Gasteiger partial charge in [-0.05, 0) is 25.1 Å². The highest BCUT2D eigenvalue weighted by atomic mass is 79.9. The molecule has 2 rings (SSSR count). The average molecular weight is 376 g/mol. The first-order valence-electron chi connectivity index (χ1n) is 6.65. The van der Waals surface area contributed by atoms with Crippen molar-refractivity contribution >= 4 is 39.3 Å². The smallest absolute Gasteiger partial charge is 0.254 e. The van der Waals surface area contributed by atoms with Crippen LogP contribution in [0.15, 0.2) is 22.7 Å². The lowest BCUT2D eigenvalue weighted by molar-refractivity contribution is -0.130. The zero-order chi connectivity index (χ0) is 15.4. The molecule has 0 aliphatic carbocycles. The number of carbonyl (C=O) groups is 2. The number of morpholine rings is 1. The van der Waals surface area contributed by atoms with Crippen LogP contribution in [0.2, 0.25) is 5.02 Å². The number of halogens is 2. The maximum absolute atomic E-state index is 12.6. The van der Waals surface area contributed by atoms with Crippen LogP contribution in [0.3, 0.4) is 0 Å². The number of hydrogen-bond donors (Lipinski definition) is 1. The van der Waals surface area contributed by atoms with Gasteiger partial charge in [-0.25, -0.2) is 0 Å². The topological polar surface area (TPSA) is 58.6 Å². The Kier molecular flexibility index (Phi) is 5.61. The molecule has 0 spiro atoms. The molecule has 0 radical (unpaired) electrons. The van der Waals surface area contributed by atoms with E-state index >= 15 is 0 Å². The Balaban J connectivity index is 2.24. The molecule has 1 aliphatic heterocycles. The van der Waals surface area contributed by atoms with Crippen molar-refractivity contribution in [3.63, 3.8) is 0 Å². The lowest BCUT2D eigenvalue weighted by atomic mass is 10.1. The lowest BCUT2D eigenvalue weighted by Crippen LogP contribution is -2.55. The van der Waals surface area contributed by atoms with E-state index < -0.39 is 6.04 Å². The summed E-state index contributed by atoms with van der Waals surface area (Å²) in [5.74, 6) is -0.426. The van der Waals surface area contributed by atoms with Gasteiger partial charge in [-0.3, -0.25) is 9.59 Å². The molecule has 1 atom stereocenters. The van der Waals surface area contributed by atoms with Crippen molar-refractivity contribution in [1.29, 1.82) is 0 Å². The number of carbonyl (C=O) groups excluding carboxylic acids is 2. The van der Waals surface area contributed by atoms with Gasteiger partial charge in [-0.2, -0.15) is 0 Å². The van der Waals surface area contributed by atoms with Crippen molar-refractivity contribution in [3.8, 4) is 0 Å². The summed E-state index contributed by atoms with van der Waals surface area (Å²) >= 11 is 9.29. The summed E-state index contributed by atoms with van der Waals surface area (Å²) < 4.78 is 6.05. The first kappa shape index (κ1) is 16.3. The molecule has 0 bridgehead atoms. The molecule has 7 heteroatoms. The maximum atomic E-state index is 12.6. The van der Waals surface area contributed by atoms with E-state index in [1.54, 1.807) is 18.2 Å². The first-order valence-corrected chi connectivity index (χ1v) is 7.82. The van der Waals surface area contributed by atoms with Crippen molar-refractivity contribution in [2.24, 2.45) is 0 Å². The number of rotatable bonds is 3. The minimum absolute atomic E-state index is 0.202. The molecule has 0 aromatic heterocycles. The minimum atomic E-state index is -0.607. The summed E-state index contributed by atoms with van der Waals surface area (Å²) in [6, 6.07) is 4.39. The fraction of sp³-hybridized carbons (Fsp3) is 0.429. The van der Waals surface area contributed by atoms with Crippen LogP contribution in [0.4, 0.5) is 0 Å². The Bertz CT molecular complexity index is 533. The SMILES string of the molecule is CCNC(=O)C1COCCN1C(=O)c1cc(Cl)cc(Br)c1. The zero-order valence-electron chi connectivity index (χ0n) is 11.6. The van der Waals surface area contributed by atoms with Crippen LogP contribution >= 0.6 is 27.5 Å². The van der Waals surface area contributed by atoms with Gasteiger partial charge < -0.3 is 15.0 Å². The summed E-state index contributed by atoms with van der Waals surface area (Å²) in [5.41, 5.74) is 0.450. The second kappa shape index (κ2) is 7.24. The average Bonchev–Trinajstić information content (AvgIpc) is 2.45. The zero-order valence-corrected chi connectivity index (χ0v) is 13.9. The molecule has 1 aromatic carbocycles. The second-order valence-corrected chi connectivity index (χ2v) is 5.99. The molecule has 1 fully saturated rings. The molecule has 1 unspecified atom stereocenters. The number of nitrogens with zero attached hydrogens (tertiary/aromatic N) is 1. The third-order valence-corrected chi connectivity index (χ3v) is 3.83. The number of hydrogen-bond acceptors (Lipinski definition) is 3. The molecule has 1 saturated heterocycles. The van der Waals surface area contributed by atoms with Crippen molar-refractivity contribution < 1.29 is 14.3 Å². The molecular weight excluding hydrogens is 360 g/mol. The van der Waals surface area contributed by atoms with Crippen molar-refractivity contribution in [2.75, 3.05) is 26.3 Å². The molecule has 1 N–H and O–H groups in total. The number of nitrogens with one attached hydrogen (secondary N) is 1. The van der Waals surface area contributed by atoms with Crippen molar-refractivity contribution in [1.82, 2.24) is 10.2 Å². The van der Waals surface area contributed by atoms with Crippen LogP contribution in [-0.2, 0) is 9.53 Å². The van der Waals surface area contributed by atoms with Gasteiger partial charge in [0.25, 0.3) is 5.91 Å². The van der Waals surface area contributed by atoms with Crippen LogP contribution in [0.5, 0.6) is 0 Å². The van der Waals surface area contributed by atoms with Crippen LogP contribution in [-0.4, -0.2) is 49.1 Å². The van der Waals surface area contributed by atoms with Gasteiger partial charge in [-0.15, -0.1) is 0 Å². The van der Waals surface area contributed by atoms with E-state index in [1.165, 1.54) is 4.90 Å². The van der Waals surface area contributed by atoms with Gasteiger partial charge in [0.15, 0.2) is 0 Å². The van der Waals surface area contributed by atoms with E-state index in [1.807, 2.05) is 6.92 Å². The van der Waals surface area contributed by atoms with Gasteiger partial charge in [0.2, 0.25) is 5.91 Å². The molecule has 5 nitrogen and oxygen atoms in total. The third kappa shape index (κ3) is 3.96. The van der Waals surface area contributed by atoms with Gasteiger partial charge in [0, 0.05) is 28.1 Å². The molecule has 114 valence electrons. The van der Waals surface area contributed by atoms with Gasteiger partial charge >= 0.3 is 0 Å². The standard InChI is InChI=1S/C14H16BrClN2O3/c1-2-17-13(19)12-8-21-4-3-18(12)14(20)9-5-10(15)7-11(16)6-9/h5-7,12H,2-4,8H2,1H3,(H,17,19). The van der Waals surface area contributed by atoms with Crippen LogP contribution in [0.1, 0.15) is 17.3 Å². The highest BCUT2D eigenvalue weighted by Crippen LogP contribution is 2.22. The Hall–Kier alpha value is -1.11. The largest absolute Gasteiger partial charge is 0.377 e. The van der Waals surface area contributed by atoms with Gasteiger partial charge in [-0.1, -0.05) is 27.5 Å². The summed E-state index contributed by atoms with van der Waals surface area (Å²) in [6.07, 6.45) is 0. The van der Waals surface area contributed by atoms with E-state index in [4.69, 9.17) is 16.3 Å². The van der Waals surface area contributed by atoms with Crippen LogP contribution in [0, 0.1) is 0 Å².